The van der Waals surface area contributed by atoms with Crippen LogP contribution >= 0.6 is 0 Å². The fraction of sp³-hybridized carbons (Fsp3) is 0.224. The number of benzene rings is 9. The quantitative estimate of drug-likeness (QED) is 0.144. The highest BCUT2D eigenvalue weighted by Crippen LogP contribution is 2.54. The van der Waals surface area contributed by atoms with Crippen LogP contribution in [0.15, 0.2) is 218 Å². The number of fused-ring (bicyclic) bond motifs is 5. The van der Waals surface area contributed by atoms with E-state index in [0.29, 0.717) is 50.5 Å². The fourth-order valence-electron chi connectivity index (χ4n) is 11.8. The van der Waals surface area contributed by atoms with E-state index < -0.39 is 113 Å². The summed E-state index contributed by atoms with van der Waals surface area (Å²) in [5, 5.41) is 0.697. The first-order valence-corrected chi connectivity index (χ1v) is 27.4. The molecule has 0 amide bonds. The van der Waals surface area contributed by atoms with Crippen molar-refractivity contribution in [3.63, 3.8) is 0 Å². The van der Waals surface area contributed by atoms with Gasteiger partial charge in [0.2, 0.25) is 0 Å². The molecule has 0 N–H and O–H groups in total. The van der Waals surface area contributed by atoms with E-state index in [1.165, 1.54) is 17.3 Å². The Labute approximate surface area is 504 Å². The minimum Gasteiger partial charge on any atom is -0.457 e. The van der Waals surface area contributed by atoms with Gasteiger partial charge in [-0.3, -0.25) is 4.57 Å². The average molecular weight is 1080 g/mol. The van der Waals surface area contributed by atoms with Crippen molar-refractivity contribution in [2.45, 2.75) is 104 Å². The molecule has 2 aliphatic rings. The van der Waals surface area contributed by atoms with Gasteiger partial charge in [0.05, 0.1) is 52.8 Å². The zero-order valence-electron chi connectivity index (χ0n) is 65.2. The largest absolute Gasteiger partial charge is 0.457 e. The number of aromatic nitrogens is 2. The molecule has 11 aromatic rings. The van der Waals surface area contributed by atoms with Crippen molar-refractivity contribution >= 4 is 44.6 Å². The molecule has 1 aliphatic heterocycles. The summed E-state index contributed by atoms with van der Waals surface area (Å²) in [7, 11) is 0. The molecule has 5 heteroatoms. The number of hydrogen-bond donors (Lipinski definition) is 0. The van der Waals surface area contributed by atoms with Crippen LogP contribution in [0.2, 0.25) is 0 Å². The third-order valence-corrected chi connectivity index (χ3v) is 16.2. The predicted octanol–water partition coefficient (Wildman–Crippen LogP) is 20.8. The molecule has 0 saturated carbocycles. The molecule has 0 atom stereocenters. The van der Waals surface area contributed by atoms with Gasteiger partial charge in [-0.05, 0) is 151 Å². The summed E-state index contributed by atoms with van der Waals surface area (Å²) in [5.74, 6) is 0.960. The number of pyridine rings is 1. The van der Waals surface area contributed by atoms with Gasteiger partial charge < -0.3 is 14.5 Å². The van der Waals surface area contributed by atoms with Gasteiger partial charge in [0.1, 0.15) is 24.0 Å². The Morgan fingerprint density at radius 2 is 1.14 bits per heavy atom. The van der Waals surface area contributed by atoms with Crippen LogP contribution in [0.3, 0.4) is 0 Å². The van der Waals surface area contributed by atoms with Crippen molar-refractivity contribution in [3.8, 4) is 61.8 Å². The molecule has 9 aromatic carbocycles. The lowest BCUT2D eigenvalue weighted by molar-refractivity contribution is 0.332. The van der Waals surface area contributed by atoms with Crippen LogP contribution in [0, 0.1) is 0 Å². The first kappa shape index (κ1) is 35.1. The maximum Gasteiger partial charge on any atom is 0.137 e. The fourth-order valence-corrected chi connectivity index (χ4v) is 11.8. The highest BCUT2D eigenvalue weighted by molar-refractivity contribution is 6.09. The lowest BCUT2D eigenvalue weighted by Crippen LogP contribution is -2.33. The summed E-state index contributed by atoms with van der Waals surface area (Å²) in [6, 6.07) is 23.7. The van der Waals surface area contributed by atoms with Crippen molar-refractivity contribution in [1.82, 2.24) is 9.55 Å². The number of para-hydroxylation sites is 3. The van der Waals surface area contributed by atoms with Crippen LogP contribution in [0.5, 0.6) is 11.5 Å². The molecule has 3 heterocycles. The number of ether oxygens (including phenoxy) is 1. The monoisotopic (exact) mass is 1070 g/mol. The number of rotatable bonds is 9. The smallest absolute Gasteiger partial charge is 0.137 e. The molecule has 81 heavy (non-hydrogen) atoms. The molecule has 2 aromatic heterocycles. The van der Waals surface area contributed by atoms with Gasteiger partial charge in [-0.1, -0.05) is 202 Å². The van der Waals surface area contributed by atoms with Gasteiger partial charge in [0.15, 0.2) is 0 Å². The number of anilines is 4. The van der Waals surface area contributed by atoms with E-state index in [2.05, 4.69) is 82.5 Å². The summed E-state index contributed by atoms with van der Waals surface area (Å²) >= 11 is 0. The summed E-state index contributed by atoms with van der Waals surface area (Å²) in [5.41, 5.74) is 6.86. The third-order valence-electron chi connectivity index (χ3n) is 16.2. The van der Waals surface area contributed by atoms with Crippen molar-refractivity contribution < 1.29 is 29.4 Å². The topological polar surface area (TPSA) is 33.5 Å². The molecule has 5 nitrogen and oxygen atoms in total. The van der Waals surface area contributed by atoms with Gasteiger partial charge in [-0.15, -0.1) is 0 Å². The van der Waals surface area contributed by atoms with E-state index in [9.17, 15) is 8.22 Å². The Bertz CT molecular complexity index is 5260. The molecular weight excluding hydrogens is 985 g/mol. The molecule has 0 saturated heterocycles. The third kappa shape index (κ3) is 9.37. The number of nitrogens with zero attached hydrogens (tertiary/aromatic N) is 4. The van der Waals surface area contributed by atoms with E-state index in [-0.39, 0.29) is 63.0 Å². The Morgan fingerprint density at radius 3 is 1.86 bits per heavy atom. The highest BCUT2D eigenvalue weighted by atomic mass is 16.5. The van der Waals surface area contributed by atoms with Crippen molar-refractivity contribution in [2.24, 2.45) is 0 Å². The molecule has 0 spiro atoms. The zero-order chi connectivity index (χ0) is 71.7. The Kier molecular flexibility index (Phi) is 8.48. The second kappa shape index (κ2) is 19.6. The summed E-state index contributed by atoms with van der Waals surface area (Å²) in [4.78, 5) is 9.09. The van der Waals surface area contributed by atoms with Crippen LogP contribution < -0.4 is 14.5 Å². The Hall–Kier alpha value is -8.67. The first-order valence-electron chi connectivity index (χ1n) is 36.4. The second-order valence-electron chi connectivity index (χ2n) is 24.6. The minimum absolute atomic E-state index is 0.0311. The van der Waals surface area contributed by atoms with Gasteiger partial charge >= 0.3 is 0 Å². The normalized spacial score (nSPS) is 17.9. The van der Waals surface area contributed by atoms with Crippen molar-refractivity contribution in [2.75, 3.05) is 16.5 Å². The Balaban J connectivity index is 0.985. The van der Waals surface area contributed by atoms with Gasteiger partial charge in [-0.25, -0.2) is 4.98 Å². The second-order valence-corrected chi connectivity index (χ2v) is 24.6. The molecule has 0 fully saturated rings. The standard InChI is InChI=1S/C76H72N4O/c1-73(2,3)55-43-61(53-28-21-27-52(41-53)50-23-13-11-14-24-50)72(62(44-55)54-35-38-64-66(42-54)76(9,10)40-39-75(64,7)8)79-49-78(68-33-19-20-34-69(68)79)56-29-22-30-57(45-56)81-58-36-37-60-59-31-17-18-32-67(59)80(70(60)46-58)71-47-65(74(4,5)6)63(48-77-71)51-25-15-12-16-26-51/h11-38,41-48H,39-40,49H2,1-10H3/i11D,12D,13D,14D,15D,16D,17D,18D,21D,23D,24D,25D,26D,27D,28D,31D,32D,41D. The Morgan fingerprint density at radius 1 is 0.494 bits per heavy atom. The van der Waals surface area contributed by atoms with E-state index in [4.69, 9.17) is 26.2 Å². The van der Waals surface area contributed by atoms with Crippen LogP contribution in [0.4, 0.5) is 22.7 Å². The van der Waals surface area contributed by atoms with Crippen LogP contribution in [0.1, 0.15) is 129 Å². The van der Waals surface area contributed by atoms with E-state index in [1.807, 2.05) is 69.3 Å². The summed E-state index contributed by atoms with van der Waals surface area (Å²) in [6.45, 7) is 21.1. The van der Waals surface area contributed by atoms with Gasteiger partial charge in [0.25, 0.3) is 0 Å². The van der Waals surface area contributed by atoms with Gasteiger partial charge in [-0.2, -0.15) is 0 Å². The molecule has 1 aliphatic carbocycles. The van der Waals surface area contributed by atoms with Gasteiger partial charge in [0, 0.05) is 51.5 Å². The van der Waals surface area contributed by atoms with E-state index in [1.54, 1.807) is 34.9 Å². The molecule has 402 valence electrons. The van der Waals surface area contributed by atoms with Crippen molar-refractivity contribution in [1.29, 1.82) is 0 Å². The summed E-state index contributed by atoms with van der Waals surface area (Å²) < 4.78 is 171. The SMILES string of the molecule is [2H]c1c([2H])c([2H])c(-c2cnc(-n3c4cc(Oc5cccc(N6CN(c7c(-c8ccc9c(c8)C(C)(C)CCC9(C)C)cc(C(C)(C)C)cc7-c7c([2H])c([2H])c([2H])c(-c8c([2H])c([2H])c([2H])c([2H])c8[2H])c7[2H])c7ccccc76)c5)ccc4c4c([2H])c([2H])c([2H])c([2H])c43)cc2C(C)(C)C)c([2H])c1[2H]. The summed E-state index contributed by atoms with van der Waals surface area (Å²) in [6.07, 6.45) is 3.37. The van der Waals surface area contributed by atoms with E-state index in [0.717, 1.165) is 40.9 Å². The molecule has 13 rings (SSSR count). The van der Waals surface area contributed by atoms with Crippen LogP contribution in [-0.2, 0) is 21.7 Å². The lowest BCUT2D eigenvalue weighted by atomic mass is 9.63. The predicted molar refractivity (Wildman–Crippen MR) is 342 cm³/mol. The maximum absolute atomic E-state index is 10.2. The van der Waals surface area contributed by atoms with E-state index >= 15 is 0 Å². The number of hydrogen-bond acceptors (Lipinski definition) is 4. The van der Waals surface area contributed by atoms with Crippen LogP contribution in [-0.4, -0.2) is 16.2 Å². The molecular formula is C76H72N4O. The lowest BCUT2D eigenvalue weighted by Gasteiger charge is -2.42. The van der Waals surface area contributed by atoms with Crippen molar-refractivity contribution in [3.05, 3.63) is 240 Å². The molecule has 0 unspecified atom stereocenters. The van der Waals surface area contributed by atoms with Crippen LogP contribution in [0.25, 0.3) is 72.1 Å². The minimum atomic E-state index is -0.722. The first-order chi connectivity index (χ1) is 46.4. The molecule has 0 radical (unpaired) electrons. The highest BCUT2D eigenvalue weighted by Gasteiger charge is 2.38. The molecule has 0 bridgehead atoms. The maximum atomic E-state index is 10.2. The zero-order valence-corrected chi connectivity index (χ0v) is 47.2. The average Bonchev–Trinajstić information content (AvgIpc) is 1.67.